The standard InChI is InChI=1S/C12H14ClN/c13-11-4-1-3-10(9-11)6-7-12-5-2-8-14-12/h1,3-4,6-7,9,12,14H,2,5,8H2/b7-6+. The number of hydrogen-bond acceptors (Lipinski definition) is 1. The van der Waals surface area contributed by atoms with Crippen LogP contribution in [0.1, 0.15) is 18.4 Å². The fourth-order valence-electron chi connectivity index (χ4n) is 1.71. The van der Waals surface area contributed by atoms with Gasteiger partial charge in [-0.05, 0) is 37.1 Å². The normalized spacial score (nSPS) is 21.9. The number of nitrogens with one attached hydrogen (secondary N) is 1. The maximum atomic E-state index is 5.89. The molecule has 0 bridgehead atoms. The van der Waals surface area contributed by atoms with E-state index >= 15 is 0 Å². The van der Waals surface area contributed by atoms with Crippen LogP contribution in [-0.4, -0.2) is 12.6 Å². The van der Waals surface area contributed by atoms with E-state index in [0.717, 1.165) is 11.6 Å². The van der Waals surface area contributed by atoms with Gasteiger partial charge in [0.1, 0.15) is 0 Å². The lowest BCUT2D eigenvalue weighted by molar-refractivity contribution is 0.730. The van der Waals surface area contributed by atoms with Crippen LogP contribution in [0, 0.1) is 0 Å². The third kappa shape index (κ3) is 2.60. The first-order valence-corrected chi connectivity index (χ1v) is 5.39. The molecule has 0 amide bonds. The van der Waals surface area contributed by atoms with Crippen molar-refractivity contribution >= 4 is 17.7 Å². The Morgan fingerprint density at radius 2 is 2.36 bits per heavy atom. The van der Waals surface area contributed by atoms with Crippen LogP contribution in [0.5, 0.6) is 0 Å². The van der Waals surface area contributed by atoms with Crippen molar-refractivity contribution in [3.63, 3.8) is 0 Å². The van der Waals surface area contributed by atoms with Gasteiger partial charge in [-0.3, -0.25) is 0 Å². The number of hydrogen-bond donors (Lipinski definition) is 1. The maximum Gasteiger partial charge on any atom is 0.0411 e. The van der Waals surface area contributed by atoms with E-state index in [1.165, 1.54) is 18.4 Å². The van der Waals surface area contributed by atoms with Crippen molar-refractivity contribution in [2.45, 2.75) is 18.9 Å². The molecule has 1 aliphatic heterocycles. The molecule has 1 heterocycles. The largest absolute Gasteiger partial charge is 0.311 e. The Hall–Kier alpha value is -0.790. The minimum atomic E-state index is 0.550. The Kier molecular flexibility index (Phi) is 3.22. The van der Waals surface area contributed by atoms with Crippen LogP contribution < -0.4 is 5.32 Å². The summed E-state index contributed by atoms with van der Waals surface area (Å²) in [6.07, 6.45) is 6.88. The molecule has 1 N–H and O–H groups in total. The first-order valence-electron chi connectivity index (χ1n) is 5.02. The Labute approximate surface area is 89.8 Å². The van der Waals surface area contributed by atoms with Gasteiger partial charge in [0.15, 0.2) is 0 Å². The molecule has 1 unspecified atom stereocenters. The molecule has 1 atom stereocenters. The van der Waals surface area contributed by atoms with Gasteiger partial charge < -0.3 is 5.32 Å². The lowest BCUT2D eigenvalue weighted by Crippen LogP contribution is -2.17. The van der Waals surface area contributed by atoms with E-state index in [9.17, 15) is 0 Å². The quantitative estimate of drug-likeness (QED) is 0.786. The summed E-state index contributed by atoms with van der Waals surface area (Å²) in [6, 6.07) is 8.47. The fraction of sp³-hybridized carbons (Fsp3) is 0.333. The molecule has 1 aromatic rings. The van der Waals surface area contributed by atoms with Gasteiger partial charge in [-0.1, -0.05) is 35.9 Å². The molecular formula is C12H14ClN. The topological polar surface area (TPSA) is 12.0 Å². The maximum absolute atomic E-state index is 5.89. The Morgan fingerprint density at radius 3 is 3.07 bits per heavy atom. The molecule has 2 rings (SSSR count). The van der Waals surface area contributed by atoms with Crippen LogP contribution in [0.2, 0.25) is 5.02 Å². The monoisotopic (exact) mass is 207 g/mol. The van der Waals surface area contributed by atoms with Gasteiger partial charge in [-0.25, -0.2) is 0 Å². The molecule has 0 saturated carbocycles. The molecule has 2 heteroatoms. The summed E-state index contributed by atoms with van der Waals surface area (Å²) in [4.78, 5) is 0. The molecule has 1 saturated heterocycles. The zero-order chi connectivity index (χ0) is 9.80. The molecular weight excluding hydrogens is 194 g/mol. The summed E-state index contributed by atoms with van der Waals surface area (Å²) < 4.78 is 0. The van der Waals surface area contributed by atoms with Gasteiger partial charge >= 0.3 is 0 Å². The van der Waals surface area contributed by atoms with Crippen molar-refractivity contribution in [2.24, 2.45) is 0 Å². The summed E-state index contributed by atoms with van der Waals surface area (Å²) in [6.45, 7) is 1.14. The predicted molar refractivity (Wildman–Crippen MR) is 61.5 cm³/mol. The molecule has 1 aromatic carbocycles. The minimum Gasteiger partial charge on any atom is -0.311 e. The van der Waals surface area contributed by atoms with Gasteiger partial charge in [-0.15, -0.1) is 0 Å². The van der Waals surface area contributed by atoms with Crippen LogP contribution in [-0.2, 0) is 0 Å². The van der Waals surface area contributed by atoms with E-state index in [-0.39, 0.29) is 0 Å². The minimum absolute atomic E-state index is 0.550. The lowest BCUT2D eigenvalue weighted by Gasteiger charge is -2.02. The highest BCUT2D eigenvalue weighted by atomic mass is 35.5. The van der Waals surface area contributed by atoms with Gasteiger partial charge in [0, 0.05) is 11.1 Å². The number of halogens is 1. The van der Waals surface area contributed by atoms with Crippen molar-refractivity contribution in [1.82, 2.24) is 5.32 Å². The summed E-state index contributed by atoms with van der Waals surface area (Å²) in [5, 5.41) is 4.22. The third-order valence-electron chi connectivity index (χ3n) is 2.47. The summed E-state index contributed by atoms with van der Waals surface area (Å²) >= 11 is 5.89. The second-order valence-corrected chi connectivity index (χ2v) is 4.05. The molecule has 14 heavy (non-hydrogen) atoms. The molecule has 0 aromatic heterocycles. The highest BCUT2D eigenvalue weighted by Crippen LogP contribution is 2.13. The highest BCUT2D eigenvalue weighted by Gasteiger charge is 2.09. The zero-order valence-corrected chi connectivity index (χ0v) is 8.80. The molecule has 0 radical (unpaired) electrons. The Balaban J connectivity index is 2.02. The zero-order valence-electron chi connectivity index (χ0n) is 8.04. The average Bonchev–Trinajstić information content (AvgIpc) is 2.67. The SMILES string of the molecule is Clc1cccc(/C=C/C2CCCN2)c1. The number of benzene rings is 1. The van der Waals surface area contributed by atoms with Crippen molar-refractivity contribution in [1.29, 1.82) is 0 Å². The second kappa shape index (κ2) is 4.63. The first kappa shape index (κ1) is 9.75. The smallest absolute Gasteiger partial charge is 0.0411 e. The van der Waals surface area contributed by atoms with Crippen LogP contribution in [0.15, 0.2) is 30.3 Å². The van der Waals surface area contributed by atoms with Crippen molar-refractivity contribution in [3.8, 4) is 0 Å². The van der Waals surface area contributed by atoms with Crippen molar-refractivity contribution in [3.05, 3.63) is 40.9 Å². The molecule has 1 fully saturated rings. The van der Waals surface area contributed by atoms with Crippen LogP contribution in [0.25, 0.3) is 6.08 Å². The summed E-state index contributed by atoms with van der Waals surface area (Å²) in [5.41, 5.74) is 1.17. The first-order chi connectivity index (χ1) is 6.84. The lowest BCUT2D eigenvalue weighted by atomic mass is 10.1. The van der Waals surface area contributed by atoms with Gasteiger partial charge in [-0.2, -0.15) is 0 Å². The van der Waals surface area contributed by atoms with Crippen molar-refractivity contribution in [2.75, 3.05) is 6.54 Å². The molecule has 1 nitrogen and oxygen atoms in total. The average molecular weight is 208 g/mol. The van der Waals surface area contributed by atoms with Crippen molar-refractivity contribution < 1.29 is 0 Å². The summed E-state index contributed by atoms with van der Waals surface area (Å²) in [7, 11) is 0. The van der Waals surface area contributed by atoms with E-state index in [1.54, 1.807) is 0 Å². The third-order valence-corrected chi connectivity index (χ3v) is 2.70. The van der Waals surface area contributed by atoms with E-state index in [1.807, 2.05) is 18.2 Å². The fourth-order valence-corrected chi connectivity index (χ4v) is 1.91. The molecule has 0 spiro atoms. The number of rotatable bonds is 2. The van der Waals surface area contributed by atoms with E-state index < -0.39 is 0 Å². The Morgan fingerprint density at radius 1 is 1.43 bits per heavy atom. The van der Waals surface area contributed by atoms with Gasteiger partial charge in [0.2, 0.25) is 0 Å². The Bertz CT molecular complexity index is 327. The van der Waals surface area contributed by atoms with E-state index in [2.05, 4.69) is 23.5 Å². The summed E-state index contributed by atoms with van der Waals surface area (Å²) in [5.74, 6) is 0. The molecule has 74 valence electrons. The van der Waals surface area contributed by atoms with Crippen LogP contribution >= 0.6 is 11.6 Å². The van der Waals surface area contributed by atoms with Crippen LogP contribution in [0.4, 0.5) is 0 Å². The molecule has 0 aliphatic carbocycles. The second-order valence-electron chi connectivity index (χ2n) is 3.62. The van der Waals surface area contributed by atoms with Crippen LogP contribution in [0.3, 0.4) is 0 Å². The highest BCUT2D eigenvalue weighted by molar-refractivity contribution is 6.30. The predicted octanol–water partition coefficient (Wildman–Crippen LogP) is 3.11. The van der Waals surface area contributed by atoms with E-state index in [4.69, 9.17) is 11.6 Å². The van der Waals surface area contributed by atoms with E-state index in [0.29, 0.717) is 6.04 Å². The van der Waals surface area contributed by atoms with Gasteiger partial charge in [0.05, 0.1) is 0 Å². The molecule has 1 aliphatic rings. The van der Waals surface area contributed by atoms with Gasteiger partial charge in [0.25, 0.3) is 0 Å².